The van der Waals surface area contributed by atoms with Crippen molar-refractivity contribution in [2.75, 3.05) is 18.5 Å². The molecule has 0 saturated carbocycles. The molecule has 3 heteroatoms. The van der Waals surface area contributed by atoms with Gasteiger partial charge < -0.3 is 10.2 Å². The summed E-state index contributed by atoms with van der Waals surface area (Å²) in [6.07, 6.45) is 2.37. The molecule has 17 heavy (non-hydrogen) atoms. The van der Waals surface area contributed by atoms with Crippen molar-refractivity contribution < 1.29 is 0 Å². The van der Waals surface area contributed by atoms with Crippen LogP contribution in [0.4, 0.5) is 5.69 Å². The Morgan fingerprint density at radius 3 is 2.76 bits per heavy atom. The average molecular weight is 253 g/mol. The van der Waals surface area contributed by atoms with E-state index >= 15 is 0 Å². The highest BCUT2D eigenvalue weighted by Gasteiger charge is 2.26. The maximum absolute atomic E-state index is 6.34. The summed E-state index contributed by atoms with van der Waals surface area (Å²) in [5, 5.41) is 4.25. The van der Waals surface area contributed by atoms with Crippen molar-refractivity contribution in [1.82, 2.24) is 5.32 Å². The standard InChI is InChI=1S/C14H21ClN2/c1-10-5-4-6-13(15)14(10)17-8-7-12(16-3)9-11(17)2/h4-6,11-12,16H,7-9H2,1-3H3. The first kappa shape index (κ1) is 12.7. The van der Waals surface area contributed by atoms with Crippen LogP contribution in [0.1, 0.15) is 25.3 Å². The predicted octanol–water partition coefficient (Wildman–Crippen LogP) is 3.23. The van der Waals surface area contributed by atoms with Gasteiger partial charge in [0.05, 0.1) is 10.7 Å². The summed E-state index contributed by atoms with van der Waals surface area (Å²) in [5.74, 6) is 0. The highest BCUT2D eigenvalue weighted by atomic mass is 35.5. The highest BCUT2D eigenvalue weighted by molar-refractivity contribution is 6.33. The number of hydrogen-bond donors (Lipinski definition) is 1. The smallest absolute Gasteiger partial charge is 0.0642 e. The first-order chi connectivity index (χ1) is 8.13. The lowest BCUT2D eigenvalue weighted by Crippen LogP contribution is -2.47. The van der Waals surface area contributed by atoms with E-state index in [2.05, 4.69) is 30.1 Å². The first-order valence-corrected chi connectivity index (χ1v) is 6.70. The second kappa shape index (κ2) is 5.28. The number of anilines is 1. The molecule has 2 unspecified atom stereocenters. The predicted molar refractivity (Wildman–Crippen MR) is 75.1 cm³/mol. The van der Waals surface area contributed by atoms with Crippen LogP contribution in [0.3, 0.4) is 0 Å². The van der Waals surface area contributed by atoms with E-state index in [-0.39, 0.29) is 0 Å². The van der Waals surface area contributed by atoms with Gasteiger partial charge in [0.15, 0.2) is 0 Å². The molecule has 1 heterocycles. The van der Waals surface area contributed by atoms with E-state index in [9.17, 15) is 0 Å². The molecular weight excluding hydrogens is 232 g/mol. The fourth-order valence-electron chi connectivity index (χ4n) is 2.75. The molecule has 0 amide bonds. The molecule has 2 rings (SSSR count). The molecular formula is C14H21ClN2. The summed E-state index contributed by atoms with van der Waals surface area (Å²) in [4.78, 5) is 2.45. The lowest BCUT2D eigenvalue weighted by Gasteiger charge is -2.40. The lowest BCUT2D eigenvalue weighted by atomic mass is 9.97. The van der Waals surface area contributed by atoms with Gasteiger partial charge in [0.1, 0.15) is 0 Å². The molecule has 1 aliphatic heterocycles. The van der Waals surface area contributed by atoms with E-state index in [1.54, 1.807) is 0 Å². The van der Waals surface area contributed by atoms with Crippen LogP contribution < -0.4 is 10.2 Å². The first-order valence-electron chi connectivity index (χ1n) is 6.32. The Morgan fingerprint density at radius 2 is 2.18 bits per heavy atom. The van der Waals surface area contributed by atoms with Crippen LogP contribution in [0.15, 0.2) is 18.2 Å². The van der Waals surface area contributed by atoms with Crippen LogP contribution in [0.5, 0.6) is 0 Å². The molecule has 0 spiro atoms. The van der Waals surface area contributed by atoms with Crippen molar-refractivity contribution in [3.63, 3.8) is 0 Å². The number of rotatable bonds is 2. The molecule has 0 radical (unpaired) electrons. The zero-order valence-electron chi connectivity index (χ0n) is 10.8. The molecule has 1 N–H and O–H groups in total. The van der Waals surface area contributed by atoms with Crippen LogP contribution in [-0.4, -0.2) is 25.7 Å². The van der Waals surface area contributed by atoms with Crippen molar-refractivity contribution in [3.8, 4) is 0 Å². The molecule has 1 aliphatic rings. The topological polar surface area (TPSA) is 15.3 Å². The Morgan fingerprint density at radius 1 is 1.41 bits per heavy atom. The Labute approximate surface area is 109 Å². The second-order valence-corrected chi connectivity index (χ2v) is 5.36. The van der Waals surface area contributed by atoms with Crippen molar-refractivity contribution in [3.05, 3.63) is 28.8 Å². The Hall–Kier alpha value is -0.730. The van der Waals surface area contributed by atoms with E-state index in [1.807, 2.05) is 19.2 Å². The zero-order chi connectivity index (χ0) is 12.4. The minimum atomic E-state index is 0.541. The summed E-state index contributed by atoms with van der Waals surface area (Å²) in [7, 11) is 2.05. The van der Waals surface area contributed by atoms with Crippen molar-refractivity contribution >= 4 is 17.3 Å². The molecule has 0 bridgehead atoms. The quantitative estimate of drug-likeness (QED) is 0.870. The normalized spacial score (nSPS) is 25.1. The van der Waals surface area contributed by atoms with Crippen molar-refractivity contribution in [2.24, 2.45) is 0 Å². The van der Waals surface area contributed by atoms with Crippen LogP contribution in [0.2, 0.25) is 5.02 Å². The van der Waals surface area contributed by atoms with Gasteiger partial charge in [0.25, 0.3) is 0 Å². The van der Waals surface area contributed by atoms with Crippen LogP contribution in [0, 0.1) is 6.92 Å². The molecule has 94 valence electrons. The van der Waals surface area contributed by atoms with Crippen molar-refractivity contribution in [2.45, 2.75) is 38.8 Å². The van der Waals surface area contributed by atoms with E-state index in [4.69, 9.17) is 11.6 Å². The van der Waals surface area contributed by atoms with E-state index in [0.717, 1.165) is 11.6 Å². The number of halogens is 1. The number of nitrogens with one attached hydrogen (secondary N) is 1. The molecule has 0 aliphatic carbocycles. The van der Waals surface area contributed by atoms with Gasteiger partial charge in [-0.15, -0.1) is 0 Å². The largest absolute Gasteiger partial charge is 0.367 e. The lowest BCUT2D eigenvalue weighted by molar-refractivity contribution is 0.387. The van der Waals surface area contributed by atoms with Gasteiger partial charge in [-0.3, -0.25) is 0 Å². The number of para-hydroxylation sites is 1. The van der Waals surface area contributed by atoms with Gasteiger partial charge >= 0.3 is 0 Å². The summed E-state index contributed by atoms with van der Waals surface area (Å²) in [5.41, 5.74) is 2.49. The summed E-state index contributed by atoms with van der Waals surface area (Å²) in [6.45, 7) is 5.50. The molecule has 1 fully saturated rings. The van der Waals surface area contributed by atoms with E-state index in [0.29, 0.717) is 12.1 Å². The molecule has 0 aromatic heterocycles. The average Bonchev–Trinajstić information content (AvgIpc) is 2.30. The fourth-order valence-corrected chi connectivity index (χ4v) is 3.08. The van der Waals surface area contributed by atoms with Gasteiger partial charge in [0.2, 0.25) is 0 Å². The minimum absolute atomic E-state index is 0.541. The number of hydrogen-bond acceptors (Lipinski definition) is 2. The van der Waals surface area contributed by atoms with Gasteiger partial charge in [-0.1, -0.05) is 23.7 Å². The maximum atomic E-state index is 6.34. The molecule has 1 aromatic carbocycles. The number of benzene rings is 1. The van der Waals surface area contributed by atoms with Gasteiger partial charge in [0, 0.05) is 18.6 Å². The number of nitrogens with zero attached hydrogens (tertiary/aromatic N) is 1. The monoisotopic (exact) mass is 252 g/mol. The van der Waals surface area contributed by atoms with Gasteiger partial charge in [-0.05, 0) is 45.4 Å². The van der Waals surface area contributed by atoms with Crippen LogP contribution in [-0.2, 0) is 0 Å². The summed E-state index contributed by atoms with van der Waals surface area (Å²) >= 11 is 6.34. The minimum Gasteiger partial charge on any atom is -0.367 e. The van der Waals surface area contributed by atoms with Gasteiger partial charge in [-0.25, -0.2) is 0 Å². The number of aryl methyl sites for hydroxylation is 1. The van der Waals surface area contributed by atoms with Gasteiger partial charge in [-0.2, -0.15) is 0 Å². The second-order valence-electron chi connectivity index (χ2n) is 4.96. The SMILES string of the molecule is CNC1CCN(c2c(C)cccc2Cl)C(C)C1. The zero-order valence-corrected chi connectivity index (χ0v) is 11.6. The molecule has 2 atom stereocenters. The summed E-state index contributed by atoms with van der Waals surface area (Å²) < 4.78 is 0. The van der Waals surface area contributed by atoms with E-state index in [1.165, 1.54) is 24.1 Å². The Bertz CT molecular complexity index is 372. The highest BCUT2D eigenvalue weighted by Crippen LogP contribution is 2.33. The van der Waals surface area contributed by atoms with Crippen LogP contribution >= 0.6 is 11.6 Å². The Balaban J connectivity index is 2.23. The Kier molecular flexibility index (Phi) is 3.95. The number of piperidine rings is 1. The third-order valence-electron chi connectivity index (χ3n) is 3.76. The molecule has 1 aromatic rings. The third kappa shape index (κ3) is 2.58. The molecule has 1 saturated heterocycles. The maximum Gasteiger partial charge on any atom is 0.0642 e. The van der Waals surface area contributed by atoms with E-state index < -0.39 is 0 Å². The molecule has 2 nitrogen and oxygen atoms in total. The summed E-state index contributed by atoms with van der Waals surface area (Å²) in [6, 6.07) is 7.33. The fraction of sp³-hybridized carbons (Fsp3) is 0.571. The van der Waals surface area contributed by atoms with Crippen molar-refractivity contribution in [1.29, 1.82) is 0 Å². The van der Waals surface area contributed by atoms with Crippen LogP contribution in [0.25, 0.3) is 0 Å². The third-order valence-corrected chi connectivity index (χ3v) is 4.07.